The van der Waals surface area contributed by atoms with Crippen LogP contribution in [0.1, 0.15) is 19.5 Å². The Bertz CT molecular complexity index is 362. The molecule has 0 aliphatic heterocycles. The Morgan fingerprint density at radius 2 is 1.68 bits per heavy atom. The van der Waals surface area contributed by atoms with E-state index in [0.29, 0.717) is 13.2 Å². The van der Waals surface area contributed by atoms with E-state index in [-0.39, 0.29) is 0 Å². The predicted octanol–water partition coefficient (Wildman–Crippen LogP) is 1.85. The summed E-state index contributed by atoms with van der Waals surface area (Å²) in [6, 6.07) is 3.84. The van der Waals surface area contributed by atoms with Gasteiger partial charge in [-0.05, 0) is 32.9 Å². The lowest BCUT2D eigenvalue weighted by atomic mass is 10.3. The second-order valence-electron chi connectivity index (χ2n) is 4.22. The van der Waals surface area contributed by atoms with Crippen LogP contribution in [0.3, 0.4) is 0 Å². The molecule has 1 heterocycles. The van der Waals surface area contributed by atoms with Crippen molar-refractivity contribution >= 4 is 11.5 Å². The number of nitrogens with two attached hydrogens (primary N) is 1. The average molecular weight is 267 g/mol. The Labute approximate surface area is 115 Å². The van der Waals surface area contributed by atoms with Crippen LogP contribution < -0.4 is 10.6 Å². The summed E-state index contributed by atoms with van der Waals surface area (Å²) in [7, 11) is 0. The fourth-order valence-corrected chi connectivity index (χ4v) is 1.71. The fourth-order valence-electron chi connectivity index (χ4n) is 1.71. The molecule has 2 N–H and O–H groups in total. The number of hydrogen-bond donors (Lipinski definition) is 1. The van der Waals surface area contributed by atoms with Crippen LogP contribution in [-0.2, 0) is 9.47 Å². The Morgan fingerprint density at radius 3 is 2.16 bits per heavy atom. The van der Waals surface area contributed by atoms with Gasteiger partial charge in [-0.1, -0.05) is 0 Å². The van der Waals surface area contributed by atoms with Crippen LogP contribution in [-0.4, -0.2) is 44.5 Å². The number of hydrogen-bond acceptors (Lipinski definition) is 5. The summed E-state index contributed by atoms with van der Waals surface area (Å²) in [5.74, 6) is 0.922. The third-order valence-electron chi connectivity index (χ3n) is 2.86. The molecular formula is C14H25N3O2. The maximum Gasteiger partial charge on any atom is 0.129 e. The van der Waals surface area contributed by atoms with E-state index in [2.05, 4.69) is 9.88 Å². The predicted molar refractivity (Wildman–Crippen MR) is 78.6 cm³/mol. The summed E-state index contributed by atoms with van der Waals surface area (Å²) < 4.78 is 10.8. The minimum Gasteiger partial charge on any atom is -0.397 e. The first-order chi connectivity index (χ1) is 9.19. The van der Waals surface area contributed by atoms with Gasteiger partial charge in [0.1, 0.15) is 5.82 Å². The number of pyridine rings is 1. The molecule has 5 nitrogen and oxygen atoms in total. The minimum atomic E-state index is 0.688. The van der Waals surface area contributed by atoms with Crippen molar-refractivity contribution in [3.05, 3.63) is 17.8 Å². The second-order valence-corrected chi connectivity index (χ2v) is 4.22. The van der Waals surface area contributed by atoms with Gasteiger partial charge in [0, 0.05) is 26.3 Å². The van der Waals surface area contributed by atoms with Gasteiger partial charge < -0.3 is 20.1 Å². The molecule has 0 radical (unpaired) electrons. The first kappa shape index (κ1) is 15.7. The zero-order valence-corrected chi connectivity index (χ0v) is 12.2. The van der Waals surface area contributed by atoms with E-state index in [4.69, 9.17) is 15.2 Å². The molecule has 0 amide bonds. The fraction of sp³-hybridized carbons (Fsp3) is 0.643. The Hall–Kier alpha value is -1.33. The molecule has 5 heteroatoms. The molecule has 1 rings (SSSR count). The van der Waals surface area contributed by atoms with Gasteiger partial charge in [-0.15, -0.1) is 0 Å². The molecule has 0 aliphatic rings. The van der Waals surface area contributed by atoms with Crippen LogP contribution in [0.2, 0.25) is 0 Å². The van der Waals surface area contributed by atoms with Crippen molar-refractivity contribution in [1.29, 1.82) is 0 Å². The van der Waals surface area contributed by atoms with Crippen LogP contribution >= 0.6 is 0 Å². The summed E-state index contributed by atoms with van der Waals surface area (Å²) in [5, 5.41) is 0. The van der Waals surface area contributed by atoms with Crippen molar-refractivity contribution in [2.24, 2.45) is 0 Å². The highest BCUT2D eigenvalue weighted by molar-refractivity contribution is 5.50. The lowest BCUT2D eigenvalue weighted by Crippen LogP contribution is -2.32. The first-order valence-corrected chi connectivity index (χ1v) is 6.82. The molecule has 19 heavy (non-hydrogen) atoms. The lowest BCUT2D eigenvalue weighted by Gasteiger charge is -2.24. The van der Waals surface area contributed by atoms with Crippen molar-refractivity contribution in [2.75, 3.05) is 50.2 Å². The number of ether oxygens (including phenoxy) is 2. The quantitative estimate of drug-likeness (QED) is 0.692. The van der Waals surface area contributed by atoms with E-state index in [0.717, 1.165) is 43.5 Å². The van der Waals surface area contributed by atoms with Crippen LogP contribution in [0.25, 0.3) is 0 Å². The average Bonchev–Trinajstić information content (AvgIpc) is 2.41. The Balaban J connectivity index is 2.66. The molecule has 0 saturated heterocycles. The standard InChI is InChI=1S/C14H25N3O2/c1-4-18-10-8-17(9-11-19-5-2)14-7-6-13(15)12(3)16-14/h6-7H,4-5,8-11,15H2,1-3H3. The van der Waals surface area contributed by atoms with Crippen molar-refractivity contribution in [3.8, 4) is 0 Å². The highest BCUT2D eigenvalue weighted by atomic mass is 16.5. The topological polar surface area (TPSA) is 60.6 Å². The van der Waals surface area contributed by atoms with Crippen LogP contribution in [0.4, 0.5) is 11.5 Å². The van der Waals surface area contributed by atoms with Gasteiger partial charge >= 0.3 is 0 Å². The molecule has 0 bridgehead atoms. The number of aryl methyl sites for hydroxylation is 1. The van der Waals surface area contributed by atoms with Crippen LogP contribution in [0, 0.1) is 6.92 Å². The summed E-state index contributed by atoms with van der Waals surface area (Å²) >= 11 is 0. The first-order valence-electron chi connectivity index (χ1n) is 6.82. The largest absolute Gasteiger partial charge is 0.397 e. The van der Waals surface area contributed by atoms with E-state index < -0.39 is 0 Å². The highest BCUT2D eigenvalue weighted by Crippen LogP contribution is 2.15. The molecule has 0 aliphatic carbocycles. The lowest BCUT2D eigenvalue weighted by molar-refractivity contribution is 0.141. The normalized spacial score (nSPS) is 10.7. The van der Waals surface area contributed by atoms with Gasteiger partial charge in [0.25, 0.3) is 0 Å². The third-order valence-corrected chi connectivity index (χ3v) is 2.86. The minimum absolute atomic E-state index is 0.688. The summed E-state index contributed by atoms with van der Waals surface area (Å²) in [6.07, 6.45) is 0. The Kier molecular flexibility index (Phi) is 7.22. The van der Waals surface area contributed by atoms with Gasteiger partial charge in [-0.25, -0.2) is 4.98 Å². The maximum atomic E-state index is 5.80. The van der Waals surface area contributed by atoms with Crippen LogP contribution in [0.15, 0.2) is 12.1 Å². The van der Waals surface area contributed by atoms with Gasteiger partial charge in [0.05, 0.1) is 24.6 Å². The summed E-state index contributed by atoms with van der Waals surface area (Å²) in [4.78, 5) is 6.68. The SMILES string of the molecule is CCOCCN(CCOCC)c1ccc(N)c(C)n1. The highest BCUT2D eigenvalue weighted by Gasteiger charge is 2.09. The van der Waals surface area contributed by atoms with Gasteiger partial charge in [-0.2, -0.15) is 0 Å². The van der Waals surface area contributed by atoms with E-state index in [1.807, 2.05) is 32.9 Å². The van der Waals surface area contributed by atoms with E-state index in [9.17, 15) is 0 Å². The molecule has 1 aromatic rings. The summed E-state index contributed by atoms with van der Waals surface area (Å²) in [5.41, 5.74) is 7.38. The molecule has 0 spiro atoms. The smallest absolute Gasteiger partial charge is 0.129 e. The summed E-state index contributed by atoms with van der Waals surface area (Å²) in [6.45, 7) is 10.4. The van der Waals surface area contributed by atoms with Crippen molar-refractivity contribution in [1.82, 2.24) is 4.98 Å². The maximum absolute atomic E-state index is 5.80. The number of rotatable bonds is 9. The van der Waals surface area contributed by atoms with E-state index in [1.54, 1.807) is 0 Å². The van der Waals surface area contributed by atoms with Crippen LogP contribution in [0.5, 0.6) is 0 Å². The van der Waals surface area contributed by atoms with E-state index in [1.165, 1.54) is 0 Å². The number of nitrogen functional groups attached to an aromatic ring is 1. The molecule has 0 atom stereocenters. The van der Waals surface area contributed by atoms with Gasteiger partial charge in [-0.3, -0.25) is 0 Å². The molecule has 0 fully saturated rings. The van der Waals surface area contributed by atoms with Crippen molar-refractivity contribution in [3.63, 3.8) is 0 Å². The number of aromatic nitrogens is 1. The second kappa shape index (κ2) is 8.72. The van der Waals surface area contributed by atoms with Gasteiger partial charge in [0.2, 0.25) is 0 Å². The zero-order chi connectivity index (χ0) is 14.1. The molecule has 0 aromatic carbocycles. The van der Waals surface area contributed by atoms with Gasteiger partial charge in [0.15, 0.2) is 0 Å². The molecule has 1 aromatic heterocycles. The molecule has 108 valence electrons. The molecular weight excluding hydrogens is 242 g/mol. The molecule has 0 saturated carbocycles. The molecule has 0 unspecified atom stereocenters. The van der Waals surface area contributed by atoms with Crippen molar-refractivity contribution < 1.29 is 9.47 Å². The van der Waals surface area contributed by atoms with E-state index >= 15 is 0 Å². The zero-order valence-electron chi connectivity index (χ0n) is 12.2. The number of nitrogens with zero attached hydrogens (tertiary/aromatic N) is 2. The van der Waals surface area contributed by atoms with Crippen molar-refractivity contribution in [2.45, 2.75) is 20.8 Å². The monoisotopic (exact) mass is 267 g/mol. The third kappa shape index (κ3) is 5.44. The number of anilines is 2. The Morgan fingerprint density at radius 1 is 1.11 bits per heavy atom.